The molecule has 2 aliphatic rings. The maximum Gasteiger partial charge on any atom is 0.200 e. The van der Waals surface area contributed by atoms with Crippen molar-refractivity contribution < 1.29 is 14.3 Å². The van der Waals surface area contributed by atoms with Crippen LogP contribution in [0.25, 0.3) is 0 Å². The van der Waals surface area contributed by atoms with E-state index in [0.29, 0.717) is 12.3 Å². The topological polar surface area (TPSA) is 42.1 Å². The number of aldehydes is 1. The lowest BCUT2D eigenvalue weighted by Crippen LogP contribution is -2.38. The molecule has 0 aromatic carbocycles. The van der Waals surface area contributed by atoms with Gasteiger partial charge < -0.3 is 14.3 Å². The van der Waals surface area contributed by atoms with Crippen molar-refractivity contribution in [1.29, 1.82) is 0 Å². The highest BCUT2D eigenvalue weighted by atomic mass is 16.8. The highest BCUT2D eigenvalue weighted by Gasteiger charge is 2.47. The van der Waals surface area contributed by atoms with Gasteiger partial charge in [-0.2, -0.15) is 0 Å². The molecule has 98 valence electrons. The molecule has 2 aliphatic heterocycles. The Morgan fingerprint density at radius 3 is 2.53 bits per heavy atom. The highest BCUT2D eigenvalue weighted by molar-refractivity contribution is 5.49. The summed E-state index contributed by atoms with van der Waals surface area (Å²) < 4.78 is 11.3. The minimum Gasteiger partial charge on any atom is -0.343 e. The summed E-state index contributed by atoms with van der Waals surface area (Å²) in [5, 5.41) is 0. The Balaban J connectivity index is 1.71. The first-order valence-corrected chi connectivity index (χ1v) is 6.50. The lowest BCUT2D eigenvalue weighted by Gasteiger charge is -2.30. The van der Waals surface area contributed by atoms with Gasteiger partial charge in [0.15, 0.2) is 12.5 Å². The molecule has 4 heteroatoms. The molecular formula is C13H23NO3. The van der Waals surface area contributed by atoms with Gasteiger partial charge in [0.25, 0.3) is 0 Å². The van der Waals surface area contributed by atoms with E-state index < -0.39 is 0 Å². The van der Waals surface area contributed by atoms with Crippen molar-refractivity contribution >= 4 is 6.29 Å². The molecule has 2 unspecified atom stereocenters. The van der Waals surface area contributed by atoms with Crippen LogP contribution in [0.2, 0.25) is 0 Å². The lowest BCUT2D eigenvalue weighted by atomic mass is 9.94. The minimum atomic E-state index is -0.144. The minimum absolute atomic E-state index is 0.0578. The number of hydrogen-bond acceptors (Lipinski definition) is 4. The molecule has 0 bridgehead atoms. The van der Waals surface area contributed by atoms with Gasteiger partial charge in [-0.25, -0.2) is 0 Å². The second-order valence-electron chi connectivity index (χ2n) is 6.01. The Hall–Kier alpha value is -0.450. The summed E-state index contributed by atoms with van der Waals surface area (Å²) in [5.41, 5.74) is -0.144. The van der Waals surface area contributed by atoms with Gasteiger partial charge in [0.05, 0.1) is 5.60 Å². The molecule has 0 amide bonds. The Morgan fingerprint density at radius 2 is 2.00 bits per heavy atom. The first-order chi connectivity index (χ1) is 7.99. The Kier molecular flexibility index (Phi) is 3.85. The maximum absolute atomic E-state index is 10.5. The SMILES string of the molecule is CC(C)(C)OC1OC1N1CCC(CC=O)CC1. The Bertz CT molecular complexity index is 266. The van der Waals surface area contributed by atoms with E-state index in [4.69, 9.17) is 9.47 Å². The van der Waals surface area contributed by atoms with Crippen molar-refractivity contribution in [3.8, 4) is 0 Å². The summed E-state index contributed by atoms with van der Waals surface area (Å²) in [6, 6.07) is 0. The molecule has 2 atom stereocenters. The number of nitrogens with zero attached hydrogens (tertiary/aromatic N) is 1. The number of piperidine rings is 1. The van der Waals surface area contributed by atoms with Crippen LogP contribution in [0.1, 0.15) is 40.0 Å². The molecule has 0 aromatic rings. The van der Waals surface area contributed by atoms with Crippen LogP contribution in [-0.4, -0.2) is 42.4 Å². The van der Waals surface area contributed by atoms with Crippen LogP contribution in [0.5, 0.6) is 0 Å². The fourth-order valence-electron chi connectivity index (χ4n) is 2.36. The summed E-state index contributed by atoms with van der Waals surface area (Å²) in [6.45, 7) is 8.17. The van der Waals surface area contributed by atoms with E-state index in [0.717, 1.165) is 32.2 Å². The van der Waals surface area contributed by atoms with E-state index in [1.807, 2.05) is 20.8 Å². The Morgan fingerprint density at radius 1 is 1.35 bits per heavy atom. The third-order valence-corrected chi connectivity index (χ3v) is 3.34. The van der Waals surface area contributed by atoms with E-state index in [2.05, 4.69) is 4.90 Å². The number of ether oxygens (including phenoxy) is 2. The number of likely N-dealkylation sites (tertiary alicyclic amines) is 1. The molecular weight excluding hydrogens is 218 g/mol. The summed E-state index contributed by atoms with van der Waals surface area (Å²) in [7, 11) is 0. The Labute approximate surface area is 103 Å². The van der Waals surface area contributed by atoms with E-state index in [1.54, 1.807) is 0 Å². The van der Waals surface area contributed by atoms with Crippen molar-refractivity contribution in [3.05, 3.63) is 0 Å². The van der Waals surface area contributed by atoms with E-state index >= 15 is 0 Å². The molecule has 2 saturated heterocycles. The lowest BCUT2D eigenvalue weighted by molar-refractivity contribution is -0.109. The molecule has 0 radical (unpaired) electrons. The molecule has 2 rings (SSSR count). The molecule has 4 nitrogen and oxygen atoms in total. The molecule has 0 aromatic heterocycles. The van der Waals surface area contributed by atoms with Crippen LogP contribution in [0.4, 0.5) is 0 Å². The van der Waals surface area contributed by atoms with Crippen LogP contribution in [0.3, 0.4) is 0 Å². The summed E-state index contributed by atoms with van der Waals surface area (Å²) in [6.07, 6.45) is 4.03. The largest absolute Gasteiger partial charge is 0.343 e. The third-order valence-electron chi connectivity index (χ3n) is 3.34. The average molecular weight is 241 g/mol. The summed E-state index contributed by atoms with van der Waals surface area (Å²) >= 11 is 0. The van der Waals surface area contributed by atoms with Crippen molar-refractivity contribution in [2.24, 2.45) is 5.92 Å². The number of epoxide rings is 1. The predicted octanol–water partition coefficient (Wildman–Crippen LogP) is 1.78. The van der Waals surface area contributed by atoms with E-state index in [-0.39, 0.29) is 18.1 Å². The zero-order chi connectivity index (χ0) is 12.5. The fourth-order valence-corrected chi connectivity index (χ4v) is 2.36. The van der Waals surface area contributed by atoms with Crippen molar-refractivity contribution in [3.63, 3.8) is 0 Å². The van der Waals surface area contributed by atoms with E-state index in [9.17, 15) is 4.79 Å². The molecule has 0 N–H and O–H groups in total. The van der Waals surface area contributed by atoms with Crippen molar-refractivity contribution in [2.45, 2.75) is 58.2 Å². The van der Waals surface area contributed by atoms with Gasteiger partial charge in [-0.3, -0.25) is 4.90 Å². The monoisotopic (exact) mass is 241 g/mol. The van der Waals surface area contributed by atoms with Crippen LogP contribution in [-0.2, 0) is 14.3 Å². The normalized spacial score (nSPS) is 31.5. The smallest absolute Gasteiger partial charge is 0.200 e. The highest BCUT2D eigenvalue weighted by Crippen LogP contribution is 2.33. The molecule has 0 aliphatic carbocycles. The zero-order valence-electron chi connectivity index (χ0n) is 11.0. The summed E-state index contributed by atoms with van der Waals surface area (Å²) in [5.74, 6) is 0.574. The van der Waals surface area contributed by atoms with Gasteiger partial charge >= 0.3 is 0 Å². The van der Waals surface area contributed by atoms with Gasteiger partial charge in [-0.1, -0.05) is 0 Å². The quantitative estimate of drug-likeness (QED) is 0.556. The van der Waals surface area contributed by atoms with Gasteiger partial charge in [-0.15, -0.1) is 0 Å². The van der Waals surface area contributed by atoms with Crippen LogP contribution in [0, 0.1) is 5.92 Å². The number of carbonyl (C=O) groups excluding carboxylic acids is 1. The predicted molar refractivity (Wildman–Crippen MR) is 64.5 cm³/mol. The van der Waals surface area contributed by atoms with E-state index in [1.165, 1.54) is 0 Å². The van der Waals surface area contributed by atoms with Gasteiger partial charge in [0.2, 0.25) is 0 Å². The van der Waals surface area contributed by atoms with Crippen LogP contribution >= 0.6 is 0 Å². The van der Waals surface area contributed by atoms with Gasteiger partial charge in [0, 0.05) is 19.5 Å². The number of carbonyl (C=O) groups is 1. The fraction of sp³-hybridized carbons (Fsp3) is 0.923. The standard InChI is InChI=1S/C13H23NO3/c1-13(2,3)17-12-11(16-12)14-7-4-10(5-8-14)6-9-15/h9-12H,4-8H2,1-3H3. The van der Waals surface area contributed by atoms with Crippen molar-refractivity contribution in [2.75, 3.05) is 13.1 Å². The third kappa shape index (κ3) is 3.76. The van der Waals surface area contributed by atoms with Crippen molar-refractivity contribution in [1.82, 2.24) is 4.90 Å². The van der Waals surface area contributed by atoms with Crippen LogP contribution < -0.4 is 0 Å². The summed E-state index contributed by atoms with van der Waals surface area (Å²) in [4.78, 5) is 12.8. The second-order valence-corrected chi connectivity index (χ2v) is 6.01. The average Bonchev–Trinajstić information content (AvgIpc) is 2.96. The molecule has 2 heterocycles. The number of hydrogen-bond donors (Lipinski definition) is 0. The maximum atomic E-state index is 10.5. The van der Waals surface area contributed by atoms with Gasteiger partial charge in [-0.05, 0) is 39.5 Å². The molecule has 17 heavy (non-hydrogen) atoms. The second kappa shape index (κ2) is 5.04. The number of rotatable bonds is 4. The zero-order valence-corrected chi connectivity index (χ0v) is 11.0. The molecule has 0 saturated carbocycles. The first-order valence-electron chi connectivity index (χ1n) is 6.50. The van der Waals surface area contributed by atoms with Crippen LogP contribution in [0.15, 0.2) is 0 Å². The first kappa shape index (κ1) is 13.0. The van der Waals surface area contributed by atoms with Gasteiger partial charge in [0.1, 0.15) is 6.29 Å². The molecule has 2 fully saturated rings. The molecule has 0 spiro atoms.